The molecule has 0 atom stereocenters. The number of aliphatic hydroxyl groups excluding tert-OH is 1. The van der Waals surface area contributed by atoms with E-state index in [2.05, 4.69) is 4.74 Å². The van der Waals surface area contributed by atoms with E-state index in [9.17, 15) is 9.59 Å². The van der Waals surface area contributed by atoms with Crippen molar-refractivity contribution >= 4 is 12.0 Å². The highest BCUT2D eigenvalue weighted by Crippen LogP contribution is 1.91. The maximum atomic E-state index is 11.2. The van der Waals surface area contributed by atoms with Gasteiger partial charge in [-0.1, -0.05) is 0 Å². The smallest absolute Gasteiger partial charge is 0.410 e. The van der Waals surface area contributed by atoms with Gasteiger partial charge in [0.2, 0.25) is 5.91 Å². The van der Waals surface area contributed by atoms with Gasteiger partial charge in [-0.15, -0.1) is 0 Å². The van der Waals surface area contributed by atoms with Gasteiger partial charge in [0, 0.05) is 21.1 Å². The molecule has 0 aliphatic carbocycles. The Bertz CT molecular complexity index is 206. The Hall–Kier alpha value is -1.30. The van der Waals surface area contributed by atoms with Gasteiger partial charge in [-0.25, -0.2) is 4.79 Å². The topological polar surface area (TPSA) is 70.1 Å². The van der Waals surface area contributed by atoms with Gasteiger partial charge in [-0.3, -0.25) is 4.79 Å². The van der Waals surface area contributed by atoms with Gasteiger partial charge in [0.05, 0.1) is 6.61 Å². The normalized spacial score (nSPS) is 9.43. The van der Waals surface area contributed by atoms with Crippen LogP contribution in [0.25, 0.3) is 0 Å². The van der Waals surface area contributed by atoms with E-state index in [-0.39, 0.29) is 25.7 Å². The number of hydrogen-bond acceptors (Lipinski definition) is 4. The van der Waals surface area contributed by atoms with Crippen molar-refractivity contribution in [1.82, 2.24) is 9.80 Å². The molecule has 0 aromatic carbocycles. The van der Waals surface area contributed by atoms with Crippen LogP contribution >= 0.6 is 0 Å². The first-order chi connectivity index (χ1) is 6.49. The molecule has 0 saturated carbocycles. The SMILES string of the molecule is CN(C)C(=O)CN(C)C(=O)OCCO. The number of aliphatic hydroxyl groups is 1. The fourth-order valence-corrected chi connectivity index (χ4v) is 0.652. The Morgan fingerprint density at radius 2 is 1.86 bits per heavy atom. The van der Waals surface area contributed by atoms with Crippen molar-refractivity contribution < 1.29 is 19.4 Å². The number of ether oxygens (including phenoxy) is 1. The van der Waals surface area contributed by atoms with E-state index in [4.69, 9.17) is 5.11 Å². The molecular weight excluding hydrogens is 188 g/mol. The van der Waals surface area contributed by atoms with Crippen LogP contribution in [-0.4, -0.2) is 67.8 Å². The third kappa shape index (κ3) is 4.66. The molecule has 0 bridgehead atoms. The zero-order valence-corrected chi connectivity index (χ0v) is 8.69. The Balaban J connectivity index is 3.89. The zero-order chi connectivity index (χ0) is 11.1. The minimum Gasteiger partial charge on any atom is -0.447 e. The summed E-state index contributed by atoms with van der Waals surface area (Å²) < 4.78 is 4.60. The Morgan fingerprint density at radius 3 is 2.29 bits per heavy atom. The largest absolute Gasteiger partial charge is 0.447 e. The summed E-state index contributed by atoms with van der Waals surface area (Å²) in [6, 6.07) is 0. The Kier molecular flexibility index (Phi) is 5.62. The van der Waals surface area contributed by atoms with Crippen LogP contribution in [0.4, 0.5) is 4.79 Å². The summed E-state index contributed by atoms with van der Waals surface area (Å²) in [6.45, 7) is -0.308. The summed E-state index contributed by atoms with van der Waals surface area (Å²) in [4.78, 5) is 24.8. The van der Waals surface area contributed by atoms with Crippen molar-refractivity contribution in [1.29, 1.82) is 0 Å². The van der Waals surface area contributed by atoms with Gasteiger partial charge in [0.15, 0.2) is 0 Å². The quantitative estimate of drug-likeness (QED) is 0.646. The molecule has 0 saturated heterocycles. The first-order valence-corrected chi connectivity index (χ1v) is 4.18. The number of nitrogens with zero attached hydrogens (tertiary/aromatic N) is 2. The van der Waals surface area contributed by atoms with Crippen molar-refractivity contribution in [3.8, 4) is 0 Å². The molecule has 82 valence electrons. The number of likely N-dealkylation sites (N-methyl/N-ethyl adjacent to an activating group) is 2. The lowest BCUT2D eigenvalue weighted by Gasteiger charge is -2.18. The van der Waals surface area contributed by atoms with Crippen LogP contribution in [0.1, 0.15) is 0 Å². The second-order valence-corrected chi connectivity index (χ2v) is 2.98. The lowest BCUT2D eigenvalue weighted by Crippen LogP contribution is -2.38. The van der Waals surface area contributed by atoms with Crippen molar-refractivity contribution in [3.05, 3.63) is 0 Å². The van der Waals surface area contributed by atoms with Crippen LogP contribution in [-0.2, 0) is 9.53 Å². The van der Waals surface area contributed by atoms with E-state index in [1.807, 2.05) is 0 Å². The maximum absolute atomic E-state index is 11.2. The standard InChI is InChI=1S/C8H16N2O4/c1-9(2)7(12)6-10(3)8(13)14-5-4-11/h11H,4-6H2,1-3H3. The number of hydrogen-bond donors (Lipinski definition) is 1. The fraction of sp³-hybridized carbons (Fsp3) is 0.750. The van der Waals surface area contributed by atoms with Crippen LogP contribution < -0.4 is 0 Å². The molecule has 6 nitrogen and oxygen atoms in total. The van der Waals surface area contributed by atoms with Crippen molar-refractivity contribution in [3.63, 3.8) is 0 Å². The molecule has 0 unspecified atom stereocenters. The predicted molar refractivity (Wildman–Crippen MR) is 49.8 cm³/mol. The summed E-state index contributed by atoms with van der Waals surface area (Å²) in [7, 11) is 4.67. The molecule has 0 spiro atoms. The molecule has 0 aromatic rings. The molecule has 0 aromatic heterocycles. The van der Waals surface area contributed by atoms with Gasteiger partial charge in [0.1, 0.15) is 13.2 Å². The van der Waals surface area contributed by atoms with E-state index in [1.165, 1.54) is 11.9 Å². The van der Waals surface area contributed by atoms with E-state index in [0.29, 0.717) is 0 Å². The second kappa shape index (κ2) is 6.20. The molecule has 0 heterocycles. The third-order valence-electron chi connectivity index (χ3n) is 1.50. The van der Waals surface area contributed by atoms with Crippen molar-refractivity contribution in [2.75, 3.05) is 40.9 Å². The molecule has 2 amide bonds. The minimum atomic E-state index is -0.616. The first-order valence-electron chi connectivity index (χ1n) is 4.18. The monoisotopic (exact) mass is 204 g/mol. The summed E-state index contributed by atoms with van der Waals surface area (Å²) >= 11 is 0. The van der Waals surface area contributed by atoms with Crippen LogP contribution in [0, 0.1) is 0 Å². The minimum absolute atomic E-state index is 0.0305. The van der Waals surface area contributed by atoms with E-state index in [0.717, 1.165) is 4.90 Å². The molecular formula is C8H16N2O4. The highest BCUT2D eigenvalue weighted by atomic mass is 16.6. The molecule has 0 rings (SSSR count). The summed E-state index contributed by atoms with van der Waals surface area (Å²) in [5.41, 5.74) is 0. The molecule has 6 heteroatoms. The Morgan fingerprint density at radius 1 is 1.29 bits per heavy atom. The molecule has 0 aliphatic heterocycles. The predicted octanol–water partition coefficient (Wildman–Crippen LogP) is -0.865. The second-order valence-electron chi connectivity index (χ2n) is 2.98. The number of carbonyl (C=O) groups is 2. The molecule has 1 N–H and O–H groups in total. The van der Waals surface area contributed by atoms with Gasteiger partial charge in [0.25, 0.3) is 0 Å². The molecule has 0 aliphatic rings. The van der Waals surface area contributed by atoms with Crippen molar-refractivity contribution in [2.24, 2.45) is 0 Å². The van der Waals surface area contributed by atoms with E-state index in [1.54, 1.807) is 14.1 Å². The fourth-order valence-electron chi connectivity index (χ4n) is 0.652. The van der Waals surface area contributed by atoms with Crippen molar-refractivity contribution in [2.45, 2.75) is 0 Å². The van der Waals surface area contributed by atoms with E-state index >= 15 is 0 Å². The Labute approximate surface area is 83.0 Å². The molecule has 0 fully saturated rings. The highest BCUT2D eigenvalue weighted by Gasteiger charge is 2.14. The summed E-state index contributed by atoms with van der Waals surface area (Å²) in [5.74, 6) is -0.187. The zero-order valence-electron chi connectivity index (χ0n) is 8.69. The average Bonchev–Trinajstić information content (AvgIpc) is 2.13. The van der Waals surface area contributed by atoms with Gasteiger partial charge < -0.3 is 19.6 Å². The summed E-state index contributed by atoms with van der Waals surface area (Å²) in [6.07, 6.45) is -0.616. The lowest BCUT2D eigenvalue weighted by molar-refractivity contribution is -0.129. The van der Waals surface area contributed by atoms with Crippen LogP contribution in [0.15, 0.2) is 0 Å². The lowest BCUT2D eigenvalue weighted by atomic mass is 10.5. The summed E-state index contributed by atoms with van der Waals surface area (Å²) in [5, 5.41) is 8.40. The third-order valence-corrected chi connectivity index (χ3v) is 1.50. The van der Waals surface area contributed by atoms with Crippen LogP contribution in [0.5, 0.6) is 0 Å². The van der Waals surface area contributed by atoms with E-state index < -0.39 is 6.09 Å². The molecule has 0 radical (unpaired) electrons. The number of carbonyl (C=O) groups excluding carboxylic acids is 2. The number of amides is 2. The first kappa shape index (κ1) is 12.7. The van der Waals surface area contributed by atoms with Crippen LogP contribution in [0.2, 0.25) is 0 Å². The van der Waals surface area contributed by atoms with Crippen LogP contribution in [0.3, 0.4) is 0 Å². The number of rotatable bonds is 4. The molecule has 14 heavy (non-hydrogen) atoms. The highest BCUT2D eigenvalue weighted by molar-refractivity contribution is 5.81. The van der Waals surface area contributed by atoms with Gasteiger partial charge in [-0.2, -0.15) is 0 Å². The average molecular weight is 204 g/mol. The maximum Gasteiger partial charge on any atom is 0.410 e. The van der Waals surface area contributed by atoms with Gasteiger partial charge >= 0.3 is 6.09 Å². The van der Waals surface area contributed by atoms with Gasteiger partial charge in [-0.05, 0) is 0 Å².